The van der Waals surface area contributed by atoms with Gasteiger partial charge in [-0.1, -0.05) is 6.92 Å². The third-order valence-corrected chi connectivity index (χ3v) is 3.99. The van der Waals surface area contributed by atoms with Crippen molar-refractivity contribution in [2.75, 3.05) is 33.4 Å². The number of aliphatic imine (C=N–C) groups is 1. The van der Waals surface area contributed by atoms with Crippen LogP contribution in [0.5, 0.6) is 11.5 Å². The van der Waals surface area contributed by atoms with Gasteiger partial charge in [-0.3, -0.25) is 4.99 Å². The summed E-state index contributed by atoms with van der Waals surface area (Å²) in [5, 5.41) is 6.23. The molecule has 0 spiro atoms. The molecule has 0 amide bonds. The Labute approximate surface area is 159 Å². The molecule has 0 bridgehead atoms. The molecule has 1 fully saturated rings. The monoisotopic (exact) mass is 385 g/mol. The smallest absolute Gasteiger partial charge is 0.387 e. The van der Waals surface area contributed by atoms with Crippen LogP contribution in [0.1, 0.15) is 31.7 Å². The van der Waals surface area contributed by atoms with Crippen molar-refractivity contribution >= 4 is 5.96 Å². The lowest BCUT2D eigenvalue weighted by molar-refractivity contribution is -0.0505. The van der Waals surface area contributed by atoms with Crippen molar-refractivity contribution in [2.24, 2.45) is 10.9 Å². The Kier molecular flexibility index (Phi) is 9.10. The molecule has 1 aliphatic rings. The van der Waals surface area contributed by atoms with Crippen LogP contribution in [0.2, 0.25) is 0 Å². The van der Waals surface area contributed by atoms with Crippen LogP contribution in [0.15, 0.2) is 23.2 Å². The van der Waals surface area contributed by atoms with E-state index in [1.165, 1.54) is 18.9 Å². The maximum Gasteiger partial charge on any atom is 0.387 e. The first-order valence-corrected chi connectivity index (χ1v) is 9.35. The zero-order valence-corrected chi connectivity index (χ0v) is 16.0. The number of halogens is 2. The molecule has 6 nitrogen and oxygen atoms in total. The number of benzene rings is 1. The molecule has 1 saturated carbocycles. The summed E-state index contributed by atoms with van der Waals surface area (Å²) in [4.78, 5) is 4.12. The Balaban J connectivity index is 1.83. The summed E-state index contributed by atoms with van der Waals surface area (Å²) in [5.74, 6) is 1.90. The van der Waals surface area contributed by atoms with Crippen LogP contribution in [-0.4, -0.2) is 46.0 Å². The van der Waals surface area contributed by atoms with Gasteiger partial charge < -0.3 is 24.8 Å². The molecule has 0 atom stereocenters. The first kappa shape index (κ1) is 21.2. The van der Waals surface area contributed by atoms with E-state index in [-0.39, 0.29) is 5.75 Å². The molecule has 1 aliphatic carbocycles. The molecule has 152 valence electrons. The first-order valence-electron chi connectivity index (χ1n) is 9.35. The number of alkyl halides is 2. The van der Waals surface area contributed by atoms with E-state index in [4.69, 9.17) is 9.47 Å². The lowest BCUT2D eigenvalue weighted by atomic mass is 10.2. The fraction of sp³-hybridized carbons (Fsp3) is 0.632. The van der Waals surface area contributed by atoms with E-state index in [1.54, 1.807) is 19.2 Å². The summed E-state index contributed by atoms with van der Waals surface area (Å²) in [6, 6.07) is 4.94. The zero-order chi connectivity index (χ0) is 19.5. The summed E-state index contributed by atoms with van der Waals surface area (Å²) in [6.45, 7) is 1.92. The van der Waals surface area contributed by atoms with E-state index in [0.717, 1.165) is 18.9 Å². The third-order valence-electron chi connectivity index (χ3n) is 3.99. The standard InChI is InChI=1S/C19H29F2N3O3/c1-3-9-26-16-7-6-15(17(11-16)27-18(20)21)12-24-19(22-2)23-8-10-25-13-14-4-5-14/h6-7,11,14,18H,3-5,8-10,12-13H2,1-2H3,(H2,22,23,24). The molecule has 0 heterocycles. The highest BCUT2D eigenvalue weighted by Crippen LogP contribution is 2.28. The maximum atomic E-state index is 12.7. The maximum absolute atomic E-state index is 12.7. The highest BCUT2D eigenvalue weighted by molar-refractivity contribution is 5.79. The average Bonchev–Trinajstić information content (AvgIpc) is 3.47. The Morgan fingerprint density at radius 3 is 2.74 bits per heavy atom. The second-order valence-corrected chi connectivity index (χ2v) is 6.37. The number of guanidine groups is 1. The van der Waals surface area contributed by atoms with Crippen molar-refractivity contribution in [1.29, 1.82) is 0 Å². The van der Waals surface area contributed by atoms with Gasteiger partial charge in [0.15, 0.2) is 5.96 Å². The lowest BCUT2D eigenvalue weighted by Gasteiger charge is -2.16. The van der Waals surface area contributed by atoms with Crippen molar-refractivity contribution in [2.45, 2.75) is 39.3 Å². The van der Waals surface area contributed by atoms with E-state index < -0.39 is 6.61 Å². The van der Waals surface area contributed by atoms with Gasteiger partial charge in [0.1, 0.15) is 11.5 Å². The molecule has 8 heteroatoms. The van der Waals surface area contributed by atoms with Crippen LogP contribution < -0.4 is 20.1 Å². The Bertz CT molecular complexity index is 596. The fourth-order valence-corrected chi connectivity index (χ4v) is 2.37. The van der Waals surface area contributed by atoms with Crippen molar-refractivity contribution in [3.63, 3.8) is 0 Å². The van der Waals surface area contributed by atoms with Crippen LogP contribution >= 0.6 is 0 Å². The van der Waals surface area contributed by atoms with Crippen molar-refractivity contribution in [3.8, 4) is 11.5 Å². The number of hydrogen-bond donors (Lipinski definition) is 2. The minimum absolute atomic E-state index is 0.0920. The predicted octanol–water partition coefficient (Wildman–Crippen LogP) is 3.17. The van der Waals surface area contributed by atoms with Crippen LogP contribution in [0.25, 0.3) is 0 Å². The number of rotatable bonds is 12. The number of hydrogen-bond acceptors (Lipinski definition) is 4. The van der Waals surface area contributed by atoms with E-state index in [2.05, 4.69) is 20.4 Å². The SMILES string of the molecule is CCCOc1ccc(CNC(=NC)NCCOCC2CC2)c(OC(F)F)c1. The highest BCUT2D eigenvalue weighted by Gasteiger charge is 2.20. The lowest BCUT2D eigenvalue weighted by Crippen LogP contribution is -2.38. The minimum Gasteiger partial charge on any atom is -0.493 e. The van der Waals surface area contributed by atoms with E-state index in [1.807, 2.05) is 6.92 Å². The molecular weight excluding hydrogens is 356 g/mol. The van der Waals surface area contributed by atoms with Gasteiger partial charge in [0.25, 0.3) is 0 Å². The molecule has 2 N–H and O–H groups in total. The number of ether oxygens (including phenoxy) is 3. The molecule has 0 aromatic heterocycles. The zero-order valence-electron chi connectivity index (χ0n) is 16.0. The van der Waals surface area contributed by atoms with Crippen LogP contribution in [0.4, 0.5) is 8.78 Å². The topological polar surface area (TPSA) is 64.1 Å². The molecule has 1 aromatic rings. The second-order valence-electron chi connectivity index (χ2n) is 6.37. The van der Waals surface area contributed by atoms with Crippen molar-refractivity contribution in [1.82, 2.24) is 10.6 Å². The van der Waals surface area contributed by atoms with Gasteiger partial charge in [-0.25, -0.2) is 0 Å². The molecule has 0 unspecified atom stereocenters. The quantitative estimate of drug-likeness (QED) is 0.329. The average molecular weight is 385 g/mol. The summed E-state index contributed by atoms with van der Waals surface area (Å²) < 4.78 is 41.1. The number of nitrogens with zero attached hydrogens (tertiary/aromatic N) is 1. The molecular formula is C19H29F2N3O3. The van der Waals surface area contributed by atoms with Gasteiger partial charge >= 0.3 is 6.61 Å². The van der Waals surface area contributed by atoms with Gasteiger partial charge in [0.05, 0.1) is 13.2 Å². The molecule has 0 radical (unpaired) electrons. The van der Waals surface area contributed by atoms with E-state index >= 15 is 0 Å². The molecule has 0 aliphatic heterocycles. The van der Waals surface area contributed by atoms with Gasteiger partial charge in [0, 0.05) is 38.4 Å². The van der Waals surface area contributed by atoms with Gasteiger partial charge in [-0.15, -0.1) is 0 Å². The van der Waals surface area contributed by atoms with Gasteiger partial charge in [-0.2, -0.15) is 8.78 Å². The molecule has 1 aromatic carbocycles. The van der Waals surface area contributed by atoms with E-state index in [9.17, 15) is 8.78 Å². The van der Waals surface area contributed by atoms with Crippen LogP contribution in [-0.2, 0) is 11.3 Å². The molecule has 0 saturated heterocycles. The summed E-state index contributed by atoms with van der Waals surface area (Å²) in [7, 11) is 1.65. The Hall–Kier alpha value is -2.09. The van der Waals surface area contributed by atoms with E-state index in [0.29, 0.717) is 43.6 Å². The van der Waals surface area contributed by atoms with Crippen molar-refractivity contribution in [3.05, 3.63) is 23.8 Å². The van der Waals surface area contributed by atoms with Crippen molar-refractivity contribution < 1.29 is 23.0 Å². The van der Waals surface area contributed by atoms with Crippen LogP contribution in [0, 0.1) is 5.92 Å². The van der Waals surface area contributed by atoms with Crippen LogP contribution in [0.3, 0.4) is 0 Å². The summed E-state index contributed by atoms with van der Waals surface area (Å²) in [5.41, 5.74) is 0.590. The molecule has 27 heavy (non-hydrogen) atoms. The first-order chi connectivity index (χ1) is 13.1. The number of nitrogens with one attached hydrogen (secondary N) is 2. The van der Waals surface area contributed by atoms with Gasteiger partial charge in [0.2, 0.25) is 0 Å². The summed E-state index contributed by atoms with van der Waals surface area (Å²) >= 11 is 0. The minimum atomic E-state index is -2.90. The predicted molar refractivity (Wildman–Crippen MR) is 101 cm³/mol. The second kappa shape index (κ2) is 11.6. The Morgan fingerprint density at radius 1 is 1.26 bits per heavy atom. The Morgan fingerprint density at radius 2 is 2.07 bits per heavy atom. The normalized spacial score (nSPS) is 14.3. The largest absolute Gasteiger partial charge is 0.493 e. The van der Waals surface area contributed by atoms with Gasteiger partial charge in [-0.05, 0) is 37.3 Å². The third kappa shape index (κ3) is 8.43. The fourth-order valence-electron chi connectivity index (χ4n) is 2.37. The highest BCUT2D eigenvalue weighted by atomic mass is 19.3. The summed E-state index contributed by atoms with van der Waals surface area (Å²) in [6.07, 6.45) is 3.37. The molecule has 2 rings (SSSR count).